The molecule has 0 atom stereocenters. The molecule has 1 aliphatic rings. The van der Waals surface area contributed by atoms with E-state index >= 15 is 0 Å². The Morgan fingerprint density at radius 2 is 1.34 bits per heavy atom. The van der Waals surface area contributed by atoms with Gasteiger partial charge in [-0.15, -0.1) is 0 Å². The molecule has 1 aliphatic heterocycles. The molecule has 0 radical (unpaired) electrons. The van der Waals surface area contributed by atoms with Gasteiger partial charge in [0.2, 0.25) is 0 Å². The summed E-state index contributed by atoms with van der Waals surface area (Å²) in [4.78, 5) is 37.1. The first-order valence-electron chi connectivity index (χ1n) is 9.04. The number of Topliss-reactive ketones (excluding diaryl/α,β-unsaturated/α-hetero) is 1. The molecule has 1 amide bonds. The van der Waals surface area contributed by atoms with Gasteiger partial charge in [-0.2, -0.15) is 0 Å². The molecule has 29 heavy (non-hydrogen) atoms. The van der Waals surface area contributed by atoms with Gasteiger partial charge in [-0.3, -0.25) is 24.6 Å². The Morgan fingerprint density at radius 3 is 1.76 bits per heavy atom. The molecule has 0 N–H and O–H groups in total. The number of nitro groups is 1. The highest BCUT2D eigenvalue weighted by atomic mass is 35.5. The van der Waals surface area contributed by atoms with Crippen LogP contribution in [0.15, 0.2) is 48.5 Å². The minimum absolute atomic E-state index is 0.0729. The molecular weight excluding hydrogens is 417 g/mol. The molecule has 0 spiro atoms. The van der Waals surface area contributed by atoms with E-state index in [1.54, 1.807) is 0 Å². The summed E-state index contributed by atoms with van der Waals surface area (Å²) in [6, 6.07) is 15.1. The molecule has 0 aliphatic carbocycles. The Morgan fingerprint density at radius 1 is 0.897 bits per heavy atom. The fourth-order valence-corrected chi connectivity index (χ4v) is 3.70. The number of hydrogen-bond acceptors (Lipinski definition) is 5. The molecule has 0 saturated carbocycles. The van der Waals surface area contributed by atoms with Crippen LogP contribution in [0.4, 0.5) is 0 Å². The van der Waals surface area contributed by atoms with Gasteiger partial charge in [-0.25, -0.2) is 0 Å². The first-order valence-corrected chi connectivity index (χ1v) is 9.79. The molecule has 152 valence electrons. The molecule has 1 fully saturated rings. The van der Waals surface area contributed by atoms with Crippen molar-refractivity contribution in [1.82, 2.24) is 9.80 Å². The zero-order valence-electron chi connectivity index (χ0n) is 15.5. The topological polar surface area (TPSA) is 83.8 Å². The fraction of sp³-hybridized carbons (Fsp3) is 0.300. The van der Waals surface area contributed by atoms with E-state index in [-0.39, 0.29) is 6.04 Å². The van der Waals surface area contributed by atoms with Crippen molar-refractivity contribution in [3.05, 3.63) is 79.8 Å². The highest BCUT2D eigenvalue weighted by Crippen LogP contribution is 2.31. The van der Waals surface area contributed by atoms with Gasteiger partial charge in [0.15, 0.2) is 0 Å². The van der Waals surface area contributed by atoms with E-state index in [2.05, 4.69) is 4.90 Å². The van der Waals surface area contributed by atoms with Crippen molar-refractivity contribution in [2.45, 2.75) is 6.04 Å². The summed E-state index contributed by atoms with van der Waals surface area (Å²) in [5.74, 6) is -1.79. The van der Waals surface area contributed by atoms with Gasteiger partial charge in [0.05, 0.1) is 6.04 Å². The van der Waals surface area contributed by atoms with Gasteiger partial charge >= 0.3 is 0 Å². The summed E-state index contributed by atoms with van der Waals surface area (Å²) in [6.07, 6.45) is 0. The first-order chi connectivity index (χ1) is 13.8. The summed E-state index contributed by atoms with van der Waals surface area (Å²) >= 11 is 12.1. The maximum Gasteiger partial charge on any atom is 0.297 e. The van der Waals surface area contributed by atoms with Crippen LogP contribution in [0.1, 0.15) is 17.2 Å². The second kappa shape index (κ2) is 9.35. The van der Waals surface area contributed by atoms with E-state index in [0.717, 1.165) is 11.1 Å². The quantitative estimate of drug-likeness (QED) is 0.395. The molecule has 9 heteroatoms. The van der Waals surface area contributed by atoms with Crippen LogP contribution >= 0.6 is 23.2 Å². The maximum absolute atomic E-state index is 12.1. The van der Waals surface area contributed by atoms with E-state index in [1.807, 2.05) is 48.5 Å². The summed E-state index contributed by atoms with van der Waals surface area (Å²) in [5, 5.41) is 11.8. The van der Waals surface area contributed by atoms with E-state index in [4.69, 9.17) is 23.2 Å². The van der Waals surface area contributed by atoms with Crippen molar-refractivity contribution < 1.29 is 14.5 Å². The zero-order valence-corrected chi connectivity index (χ0v) is 17.0. The predicted octanol–water partition coefficient (Wildman–Crippen LogP) is 3.07. The molecule has 2 aromatic carbocycles. The van der Waals surface area contributed by atoms with E-state index < -0.39 is 23.2 Å². The summed E-state index contributed by atoms with van der Waals surface area (Å²) < 4.78 is 0. The van der Waals surface area contributed by atoms with Crippen molar-refractivity contribution in [3.8, 4) is 0 Å². The van der Waals surface area contributed by atoms with Gasteiger partial charge in [-0.1, -0.05) is 47.5 Å². The Labute approximate surface area is 178 Å². The largest absolute Gasteiger partial charge is 0.333 e. The summed E-state index contributed by atoms with van der Waals surface area (Å²) in [7, 11) is 0. The number of rotatable bonds is 6. The van der Waals surface area contributed by atoms with Gasteiger partial charge in [0.25, 0.3) is 18.2 Å². The van der Waals surface area contributed by atoms with Crippen LogP contribution in [-0.4, -0.2) is 59.1 Å². The minimum atomic E-state index is -0.990. The smallest absolute Gasteiger partial charge is 0.297 e. The first kappa shape index (κ1) is 21.2. The van der Waals surface area contributed by atoms with E-state index in [0.29, 0.717) is 36.2 Å². The van der Waals surface area contributed by atoms with Crippen molar-refractivity contribution in [2.24, 2.45) is 0 Å². The van der Waals surface area contributed by atoms with Crippen molar-refractivity contribution in [1.29, 1.82) is 0 Å². The number of carbonyl (C=O) groups excluding carboxylic acids is 2. The molecular formula is C20H19Cl2N3O4. The van der Waals surface area contributed by atoms with Gasteiger partial charge < -0.3 is 4.90 Å². The molecule has 0 unspecified atom stereocenters. The normalized spacial score (nSPS) is 14.8. The number of amides is 1. The van der Waals surface area contributed by atoms with Crippen LogP contribution in [0, 0.1) is 10.1 Å². The fourth-order valence-electron chi connectivity index (χ4n) is 3.45. The van der Waals surface area contributed by atoms with Crippen LogP contribution in [-0.2, 0) is 9.59 Å². The summed E-state index contributed by atoms with van der Waals surface area (Å²) in [5.41, 5.74) is 2.09. The Bertz CT molecular complexity index is 849. The average Bonchev–Trinajstić information content (AvgIpc) is 2.70. The maximum atomic E-state index is 12.1. The third kappa shape index (κ3) is 5.32. The second-order valence-corrected chi connectivity index (χ2v) is 7.62. The number of nitrogens with zero attached hydrogens (tertiary/aromatic N) is 3. The number of benzene rings is 2. The summed E-state index contributed by atoms with van der Waals surface area (Å²) in [6.45, 7) is 0.706. The number of halogens is 2. The molecule has 0 bridgehead atoms. The third-order valence-corrected chi connectivity index (χ3v) is 5.35. The van der Waals surface area contributed by atoms with E-state index in [9.17, 15) is 19.7 Å². The van der Waals surface area contributed by atoms with Gasteiger partial charge in [-0.05, 0) is 35.4 Å². The van der Waals surface area contributed by atoms with Crippen LogP contribution in [0.3, 0.4) is 0 Å². The van der Waals surface area contributed by atoms with Crippen molar-refractivity contribution in [2.75, 3.05) is 32.7 Å². The van der Waals surface area contributed by atoms with Crippen molar-refractivity contribution in [3.63, 3.8) is 0 Å². The molecule has 2 aromatic rings. The van der Waals surface area contributed by atoms with Gasteiger partial charge in [0.1, 0.15) is 0 Å². The predicted molar refractivity (Wildman–Crippen MR) is 110 cm³/mol. The molecule has 3 rings (SSSR count). The Kier molecular flexibility index (Phi) is 6.84. The molecule has 1 saturated heterocycles. The van der Waals surface area contributed by atoms with Crippen LogP contribution < -0.4 is 0 Å². The Balaban J connectivity index is 1.77. The molecule has 0 aromatic heterocycles. The van der Waals surface area contributed by atoms with Crippen molar-refractivity contribution >= 4 is 34.9 Å². The van der Waals surface area contributed by atoms with Crippen LogP contribution in [0.5, 0.6) is 0 Å². The van der Waals surface area contributed by atoms with Gasteiger partial charge in [0, 0.05) is 41.1 Å². The lowest BCUT2D eigenvalue weighted by Gasteiger charge is -2.39. The molecule has 1 heterocycles. The van der Waals surface area contributed by atoms with Crippen LogP contribution in [0.2, 0.25) is 10.0 Å². The number of hydrogen-bond donors (Lipinski definition) is 0. The van der Waals surface area contributed by atoms with E-state index in [1.165, 1.54) is 4.90 Å². The highest BCUT2D eigenvalue weighted by Gasteiger charge is 2.31. The third-order valence-electron chi connectivity index (χ3n) is 4.85. The monoisotopic (exact) mass is 435 g/mol. The lowest BCUT2D eigenvalue weighted by molar-refractivity contribution is -0.466. The second-order valence-electron chi connectivity index (χ2n) is 6.75. The lowest BCUT2D eigenvalue weighted by Crippen LogP contribution is -2.52. The highest BCUT2D eigenvalue weighted by molar-refractivity contribution is 6.36. The number of ketones is 1. The average molecular weight is 436 g/mol. The standard InChI is InChI=1S/C20H19Cl2N3O4/c21-16-5-1-14(2-6-16)19(15-3-7-17(22)8-4-15)23-9-11-24(12-10-23)20(27)18(26)13-25(28)29/h1-8,19H,9-13H2. The van der Waals surface area contributed by atoms with Crippen LogP contribution in [0.25, 0.3) is 0 Å². The lowest BCUT2D eigenvalue weighted by atomic mass is 9.96. The SMILES string of the molecule is O=C(C[N+](=O)[O-])C(=O)N1CCN(C(c2ccc(Cl)cc2)c2ccc(Cl)cc2)CC1. The zero-order chi connectivity index (χ0) is 21.0. The minimum Gasteiger partial charge on any atom is -0.333 e. The Hall–Kier alpha value is -2.48. The number of carbonyl (C=O) groups is 2. The molecule has 7 nitrogen and oxygen atoms in total. The number of piperazine rings is 1.